The van der Waals surface area contributed by atoms with Gasteiger partial charge in [-0.3, -0.25) is 14.4 Å². The molecule has 34 heavy (non-hydrogen) atoms. The van der Waals surface area contributed by atoms with Crippen LogP contribution in [0.5, 0.6) is 0 Å². The summed E-state index contributed by atoms with van der Waals surface area (Å²) in [5, 5.41) is 10.8. The van der Waals surface area contributed by atoms with Crippen molar-refractivity contribution < 1.29 is 33.0 Å². The van der Waals surface area contributed by atoms with Crippen LogP contribution in [0.15, 0.2) is 36.0 Å². The third-order valence-corrected chi connectivity index (χ3v) is 9.80. The number of aliphatic hydroxyl groups excluding tert-OH is 1. The van der Waals surface area contributed by atoms with Crippen molar-refractivity contribution in [1.82, 2.24) is 0 Å². The monoisotopic (exact) mass is 514 g/mol. The zero-order chi connectivity index (χ0) is 25.3. The maximum absolute atomic E-state index is 17.2. The summed E-state index contributed by atoms with van der Waals surface area (Å²) in [6.07, 6.45) is 0.147. The molecule has 0 bridgehead atoms. The first-order valence-corrected chi connectivity index (χ1v) is 12.9. The van der Waals surface area contributed by atoms with Crippen molar-refractivity contribution in [1.29, 1.82) is 0 Å². The fourth-order valence-electron chi connectivity index (χ4n) is 7.15. The number of fused-ring (bicyclic) bond motifs is 5. The van der Waals surface area contributed by atoms with Crippen LogP contribution in [0.1, 0.15) is 46.5 Å². The van der Waals surface area contributed by atoms with Crippen LogP contribution in [-0.2, 0) is 19.1 Å². The van der Waals surface area contributed by atoms with E-state index in [0.29, 0.717) is 5.57 Å². The Morgan fingerprint density at radius 2 is 2.03 bits per heavy atom. The first-order valence-electron chi connectivity index (χ1n) is 11.4. The van der Waals surface area contributed by atoms with Gasteiger partial charge in [0.1, 0.15) is 6.17 Å². The molecule has 1 N–H and O–H groups in total. The summed E-state index contributed by atoms with van der Waals surface area (Å²) >= 11 is 6.60. The van der Waals surface area contributed by atoms with E-state index in [1.807, 2.05) is 0 Å². The third-order valence-electron chi connectivity index (χ3n) is 8.82. The first-order chi connectivity index (χ1) is 15.8. The Hall–Kier alpha value is -1.51. The highest BCUT2D eigenvalue weighted by Gasteiger charge is 2.77. The largest absolute Gasteiger partial charge is 0.445 e. The lowest BCUT2D eigenvalue weighted by molar-refractivity contribution is -0.224. The van der Waals surface area contributed by atoms with Gasteiger partial charge in [0.05, 0.1) is 11.3 Å². The van der Waals surface area contributed by atoms with Crippen molar-refractivity contribution in [3.8, 4) is 0 Å². The third kappa shape index (κ3) is 3.03. The molecule has 0 unspecified atom stereocenters. The number of aliphatic hydroxyl groups is 1. The van der Waals surface area contributed by atoms with Gasteiger partial charge in [0.25, 0.3) is 0 Å². The Balaban J connectivity index is 1.88. The number of ether oxygens (including phenoxy) is 1. The molecule has 8 atom stereocenters. The molecule has 4 aliphatic carbocycles. The summed E-state index contributed by atoms with van der Waals surface area (Å²) in [6, 6.07) is 0. The van der Waals surface area contributed by atoms with Crippen LogP contribution in [0.25, 0.3) is 0 Å². The van der Waals surface area contributed by atoms with Gasteiger partial charge in [-0.2, -0.15) is 0 Å². The lowest BCUT2D eigenvalue weighted by Gasteiger charge is -2.63. The molecule has 0 radical (unpaired) electrons. The molecule has 4 rings (SSSR count). The van der Waals surface area contributed by atoms with Crippen molar-refractivity contribution in [3.63, 3.8) is 0 Å². The molecular formula is C25H29ClF2O5S. The van der Waals surface area contributed by atoms with Crippen molar-refractivity contribution in [2.75, 3.05) is 5.21 Å². The van der Waals surface area contributed by atoms with Crippen molar-refractivity contribution >= 4 is 40.2 Å². The molecule has 9 heteroatoms. The van der Waals surface area contributed by atoms with E-state index >= 15 is 8.78 Å². The molecule has 0 saturated heterocycles. The molecule has 4 aliphatic rings. The van der Waals surface area contributed by atoms with E-state index in [-0.39, 0.29) is 36.5 Å². The SMILES string of the molecule is C=C1C[C@H]2[C@@H]3C[C@H](F)C4=CC(=O)C=C[C@]4(C)[C@@]3(F)[C@@H](O)C[C@]2(C)[C@@]1(OC(=O)CC)C(=O)SCCl. The molecule has 0 aliphatic heterocycles. The van der Waals surface area contributed by atoms with Crippen molar-refractivity contribution in [2.24, 2.45) is 22.7 Å². The lowest BCUT2D eigenvalue weighted by atomic mass is 9.44. The maximum atomic E-state index is 17.2. The summed E-state index contributed by atoms with van der Waals surface area (Å²) in [6.45, 7) is 8.85. The predicted octanol–water partition coefficient (Wildman–Crippen LogP) is 4.62. The zero-order valence-corrected chi connectivity index (χ0v) is 21.0. The normalized spacial score (nSPS) is 45.2. The van der Waals surface area contributed by atoms with Crippen LogP contribution in [0.2, 0.25) is 0 Å². The van der Waals surface area contributed by atoms with Gasteiger partial charge >= 0.3 is 5.97 Å². The van der Waals surface area contributed by atoms with E-state index in [4.69, 9.17) is 16.3 Å². The summed E-state index contributed by atoms with van der Waals surface area (Å²) in [4.78, 5) is 37.9. The van der Waals surface area contributed by atoms with Crippen LogP contribution in [0.4, 0.5) is 8.78 Å². The Morgan fingerprint density at radius 3 is 2.65 bits per heavy atom. The van der Waals surface area contributed by atoms with Gasteiger partial charge in [0.15, 0.2) is 11.5 Å². The van der Waals surface area contributed by atoms with Gasteiger partial charge in [-0.25, -0.2) is 8.78 Å². The van der Waals surface area contributed by atoms with Crippen LogP contribution in [0, 0.1) is 22.7 Å². The minimum atomic E-state index is -2.30. The average molecular weight is 515 g/mol. The molecule has 5 nitrogen and oxygen atoms in total. The van der Waals surface area contributed by atoms with Crippen molar-refractivity contribution in [2.45, 2.75) is 70.0 Å². The number of esters is 1. The quantitative estimate of drug-likeness (QED) is 0.335. The summed E-state index contributed by atoms with van der Waals surface area (Å²) in [5.41, 5.74) is -6.54. The Morgan fingerprint density at radius 1 is 1.35 bits per heavy atom. The predicted molar refractivity (Wildman–Crippen MR) is 126 cm³/mol. The number of thioether (sulfide) groups is 1. The standard InChI is InChI=1S/C25H29ClF2O5S/c1-5-20(31)33-25(21(32)34-12-26)13(2)8-15-16-10-18(27)17-9-14(29)6-7-22(17,3)24(16,28)19(30)11-23(15,25)4/h6-7,9,15-16,18-19,30H,2,5,8,10-12H2,1,3-4H3/t15-,16-,18-,19-,22-,23-,24-,25-/m0/s1. The average Bonchev–Trinajstić information content (AvgIpc) is 2.99. The second-order valence-corrected chi connectivity index (χ2v) is 11.7. The molecule has 0 aromatic carbocycles. The highest BCUT2D eigenvalue weighted by atomic mass is 35.5. The molecule has 3 fully saturated rings. The molecule has 186 valence electrons. The van der Waals surface area contributed by atoms with E-state index in [9.17, 15) is 19.5 Å². The van der Waals surface area contributed by atoms with E-state index in [1.54, 1.807) is 13.8 Å². The minimum absolute atomic E-state index is 0.00519. The molecule has 3 saturated carbocycles. The smallest absolute Gasteiger partial charge is 0.306 e. The van der Waals surface area contributed by atoms with Gasteiger partial charge in [0, 0.05) is 23.2 Å². The van der Waals surface area contributed by atoms with Gasteiger partial charge in [0.2, 0.25) is 10.7 Å². The number of ketones is 1. The van der Waals surface area contributed by atoms with Gasteiger partial charge in [-0.1, -0.05) is 38.3 Å². The lowest BCUT2D eigenvalue weighted by Crippen LogP contribution is -2.70. The molecule has 0 spiro atoms. The molecular weight excluding hydrogens is 486 g/mol. The Labute approximate surface area is 207 Å². The second kappa shape index (κ2) is 8.27. The molecule has 0 aromatic rings. The Bertz CT molecular complexity index is 1030. The van der Waals surface area contributed by atoms with Gasteiger partial charge in [-0.05, 0) is 55.4 Å². The number of allylic oxidation sites excluding steroid dienone is 4. The fraction of sp³-hybridized carbons (Fsp3) is 0.640. The van der Waals surface area contributed by atoms with Crippen molar-refractivity contribution in [3.05, 3.63) is 36.0 Å². The molecule has 0 heterocycles. The van der Waals surface area contributed by atoms with Crippen LogP contribution in [-0.4, -0.2) is 50.7 Å². The number of hydrogen-bond donors (Lipinski definition) is 1. The number of hydrogen-bond acceptors (Lipinski definition) is 6. The highest BCUT2D eigenvalue weighted by molar-refractivity contribution is 8.14. The van der Waals surface area contributed by atoms with Crippen LogP contribution >= 0.6 is 23.4 Å². The highest BCUT2D eigenvalue weighted by Crippen LogP contribution is 2.71. The number of halogens is 3. The van der Waals surface area contributed by atoms with E-state index < -0.39 is 63.1 Å². The summed E-state index contributed by atoms with van der Waals surface area (Å²) in [7, 11) is 0. The van der Waals surface area contributed by atoms with E-state index in [0.717, 1.165) is 17.8 Å². The number of alkyl halides is 3. The number of rotatable bonds is 4. The van der Waals surface area contributed by atoms with Crippen LogP contribution < -0.4 is 0 Å². The van der Waals surface area contributed by atoms with E-state index in [2.05, 4.69) is 6.58 Å². The summed E-state index contributed by atoms with van der Waals surface area (Å²) in [5.74, 6) is -2.70. The van der Waals surface area contributed by atoms with Crippen LogP contribution in [0.3, 0.4) is 0 Å². The van der Waals surface area contributed by atoms with Gasteiger partial charge in [-0.15, -0.1) is 11.6 Å². The molecule has 0 aromatic heterocycles. The zero-order valence-electron chi connectivity index (χ0n) is 19.4. The Kier molecular flexibility index (Phi) is 6.22. The maximum Gasteiger partial charge on any atom is 0.306 e. The number of carbonyl (C=O) groups excluding carboxylic acids is 3. The second-order valence-electron chi connectivity index (χ2n) is 10.2. The molecule has 0 amide bonds. The summed E-state index contributed by atoms with van der Waals surface area (Å²) < 4.78 is 38.6. The topological polar surface area (TPSA) is 80.7 Å². The van der Waals surface area contributed by atoms with E-state index in [1.165, 1.54) is 19.1 Å². The minimum Gasteiger partial charge on any atom is -0.445 e. The van der Waals surface area contributed by atoms with Gasteiger partial charge < -0.3 is 9.84 Å². The number of carbonyl (C=O) groups is 3. The first kappa shape index (κ1) is 25.6. The fourth-order valence-corrected chi connectivity index (χ4v) is 8.17.